The van der Waals surface area contributed by atoms with Crippen molar-refractivity contribution in [2.75, 3.05) is 6.61 Å². The zero-order valence-corrected chi connectivity index (χ0v) is 12.3. The van der Waals surface area contributed by atoms with Gasteiger partial charge in [0.05, 0.1) is 6.10 Å². The molecule has 2 heterocycles. The van der Waals surface area contributed by atoms with Crippen molar-refractivity contribution in [1.82, 2.24) is 0 Å². The number of thiophene rings is 1. The maximum absolute atomic E-state index is 11.8. The minimum absolute atomic E-state index is 0.0872. The molecule has 0 radical (unpaired) electrons. The molecular formula is C13H15BrO3S. The second kappa shape index (κ2) is 4.62. The lowest BCUT2D eigenvalue weighted by Gasteiger charge is -2.29. The Balaban J connectivity index is 1.88. The standard InChI is InChI=1S/C13H15BrO3S/c14-9-5-10(18-7-9)6-13(12(15)16)3-4-17-11(13)8-1-2-8/h5,7-8,11H,1-4,6H2,(H,15,16). The molecule has 18 heavy (non-hydrogen) atoms. The second-order valence-corrected chi connectivity index (χ2v) is 7.16. The molecule has 2 atom stereocenters. The first kappa shape index (κ1) is 12.6. The molecule has 98 valence electrons. The van der Waals surface area contributed by atoms with Crippen molar-refractivity contribution < 1.29 is 14.6 Å². The summed E-state index contributed by atoms with van der Waals surface area (Å²) in [5.41, 5.74) is -0.703. The minimum Gasteiger partial charge on any atom is -0.481 e. The van der Waals surface area contributed by atoms with Gasteiger partial charge in [-0.05, 0) is 47.2 Å². The van der Waals surface area contributed by atoms with Gasteiger partial charge in [-0.15, -0.1) is 11.3 Å². The third-order valence-corrected chi connectivity index (χ3v) is 5.68. The fraction of sp³-hybridized carbons (Fsp3) is 0.615. The van der Waals surface area contributed by atoms with Crippen molar-refractivity contribution >= 4 is 33.2 Å². The summed E-state index contributed by atoms with van der Waals surface area (Å²) in [6.07, 6.45) is 3.39. The number of halogens is 1. The van der Waals surface area contributed by atoms with Crippen molar-refractivity contribution in [2.24, 2.45) is 11.3 Å². The van der Waals surface area contributed by atoms with Crippen LogP contribution in [-0.2, 0) is 16.0 Å². The van der Waals surface area contributed by atoms with Crippen molar-refractivity contribution in [3.8, 4) is 0 Å². The molecule has 3 nitrogen and oxygen atoms in total. The van der Waals surface area contributed by atoms with Gasteiger partial charge in [-0.25, -0.2) is 0 Å². The molecule has 0 bridgehead atoms. The minimum atomic E-state index is -0.703. The quantitative estimate of drug-likeness (QED) is 0.921. The number of carbonyl (C=O) groups is 1. The van der Waals surface area contributed by atoms with Crippen LogP contribution in [-0.4, -0.2) is 23.8 Å². The Morgan fingerprint density at radius 2 is 2.39 bits per heavy atom. The molecule has 3 rings (SSSR count). The van der Waals surface area contributed by atoms with E-state index in [1.807, 2.05) is 11.4 Å². The molecule has 0 spiro atoms. The van der Waals surface area contributed by atoms with E-state index in [9.17, 15) is 9.90 Å². The summed E-state index contributed by atoms with van der Waals surface area (Å²) in [4.78, 5) is 12.9. The maximum Gasteiger partial charge on any atom is 0.312 e. The topological polar surface area (TPSA) is 46.5 Å². The van der Waals surface area contributed by atoms with Gasteiger partial charge in [-0.3, -0.25) is 4.79 Å². The number of carboxylic acid groups (broad SMARTS) is 1. The van der Waals surface area contributed by atoms with E-state index in [-0.39, 0.29) is 6.10 Å². The molecule has 1 saturated carbocycles. The molecule has 1 aliphatic heterocycles. The van der Waals surface area contributed by atoms with E-state index in [2.05, 4.69) is 15.9 Å². The van der Waals surface area contributed by atoms with Gasteiger partial charge in [0.2, 0.25) is 0 Å². The van der Waals surface area contributed by atoms with Crippen LogP contribution in [0.3, 0.4) is 0 Å². The predicted octanol–water partition coefficient (Wildman–Crippen LogP) is 3.32. The highest BCUT2D eigenvalue weighted by molar-refractivity contribution is 9.10. The van der Waals surface area contributed by atoms with Crippen molar-refractivity contribution in [2.45, 2.75) is 31.8 Å². The van der Waals surface area contributed by atoms with Crippen LogP contribution in [0.4, 0.5) is 0 Å². The Morgan fingerprint density at radius 3 is 2.94 bits per heavy atom. The van der Waals surface area contributed by atoms with E-state index in [0.29, 0.717) is 25.4 Å². The second-order valence-electron chi connectivity index (χ2n) is 5.25. The highest BCUT2D eigenvalue weighted by Crippen LogP contribution is 2.50. The SMILES string of the molecule is O=C(O)C1(Cc2cc(Br)cs2)CCOC1C1CC1. The first-order valence-electron chi connectivity index (χ1n) is 6.20. The molecule has 1 aromatic rings. The highest BCUT2D eigenvalue weighted by Gasteiger charge is 2.55. The van der Waals surface area contributed by atoms with Crippen LogP contribution in [0.1, 0.15) is 24.1 Å². The Kier molecular flexibility index (Phi) is 3.24. The van der Waals surface area contributed by atoms with Crippen LogP contribution < -0.4 is 0 Å². The zero-order chi connectivity index (χ0) is 12.8. The van der Waals surface area contributed by atoms with Gasteiger partial charge in [0, 0.05) is 27.8 Å². The summed E-state index contributed by atoms with van der Waals surface area (Å²) in [7, 11) is 0. The summed E-state index contributed by atoms with van der Waals surface area (Å²) in [5.74, 6) is -0.228. The molecular weight excluding hydrogens is 316 g/mol. The smallest absolute Gasteiger partial charge is 0.312 e. The first-order chi connectivity index (χ1) is 8.62. The van der Waals surface area contributed by atoms with Crippen LogP contribution in [0.5, 0.6) is 0 Å². The average molecular weight is 331 g/mol. The fourth-order valence-electron chi connectivity index (χ4n) is 2.91. The van der Waals surface area contributed by atoms with E-state index in [4.69, 9.17) is 4.74 Å². The van der Waals surface area contributed by atoms with Crippen LogP contribution in [0.2, 0.25) is 0 Å². The zero-order valence-electron chi connectivity index (χ0n) is 9.89. The Morgan fingerprint density at radius 1 is 1.61 bits per heavy atom. The van der Waals surface area contributed by atoms with Gasteiger partial charge in [-0.1, -0.05) is 0 Å². The highest BCUT2D eigenvalue weighted by atomic mass is 79.9. The van der Waals surface area contributed by atoms with Crippen LogP contribution in [0.25, 0.3) is 0 Å². The maximum atomic E-state index is 11.8. The summed E-state index contributed by atoms with van der Waals surface area (Å²) in [6.45, 7) is 0.583. The number of hydrogen-bond acceptors (Lipinski definition) is 3. The van der Waals surface area contributed by atoms with Crippen LogP contribution in [0.15, 0.2) is 15.9 Å². The summed E-state index contributed by atoms with van der Waals surface area (Å²) in [6, 6.07) is 2.03. The summed E-state index contributed by atoms with van der Waals surface area (Å²) < 4.78 is 6.78. The molecule has 1 saturated heterocycles. The molecule has 1 aliphatic carbocycles. The molecule has 2 unspecified atom stereocenters. The molecule has 2 fully saturated rings. The van der Waals surface area contributed by atoms with Crippen LogP contribution >= 0.6 is 27.3 Å². The van der Waals surface area contributed by atoms with E-state index in [0.717, 1.165) is 22.2 Å². The summed E-state index contributed by atoms with van der Waals surface area (Å²) >= 11 is 5.05. The Hall–Kier alpha value is -0.390. The lowest BCUT2D eigenvalue weighted by Crippen LogP contribution is -2.42. The van der Waals surface area contributed by atoms with E-state index >= 15 is 0 Å². The lowest BCUT2D eigenvalue weighted by molar-refractivity contribution is -0.153. The molecule has 1 N–H and O–H groups in total. The number of carboxylic acids is 1. The summed E-state index contributed by atoms with van der Waals surface area (Å²) in [5, 5.41) is 11.7. The van der Waals surface area contributed by atoms with Crippen molar-refractivity contribution in [3.05, 3.63) is 20.8 Å². The van der Waals surface area contributed by atoms with Gasteiger partial charge in [-0.2, -0.15) is 0 Å². The van der Waals surface area contributed by atoms with E-state index in [1.165, 1.54) is 0 Å². The fourth-order valence-corrected chi connectivity index (χ4v) is 4.48. The van der Waals surface area contributed by atoms with Crippen molar-refractivity contribution in [3.63, 3.8) is 0 Å². The van der Waals surface area contributed by atoms with Gasteiger partial charge in [0.15, 0.2) is 0 Å². The number of aliphatic carboxylic acids is 1. The molecule has 5 heteroatoms. The van der Waals surface area contributed by atoms with Crippen molar-refractivity contribution in [1.29, 1.82) is 0 Å². The third kappa shape index (κ3) is 2.12. The number of ether oxygens (including phenoxy) is 1. The lowest BCUT2D eigenvalue weighted by atomic mass is 9.75. The number of hydrogen-bond donors (Lipinski definition) is 1. The third-order valence-electron chi connectivity index (χ3n) is 3.98. The Bertz CT molecular complexity index is 469. The predicted molar refractivity (Wildman–Crippen MR) is 72.9 cm³/mol. The van der Waals surface area contributed by atoms with E-state index in [1.54, 1.807) is 11.3 Å². The van der Waals surface area contributed by atoms with E-state index < -0.39 is 11.4 Å². The van der Waals surface area contributed by atoms with Gasteiger partial charge >= 0.3 is 5.97 Å². The molecule has 2 aliphatic rings. The van der Waals surface area contributed by atoms with Gasteiger partial charge < -0.3 is 9.84 Å². The average Bonchev–Trinajstić information content (AvgIpc) is 2.95. The Labute approximate surface area is 118 Å². The normalized spacial score (nSPS) is 31.7. The van der Waals surface area contributed by atoms with Gasteiger partial charge in [0.1, 0.15) is 5.41 Å². The largest absolute Gasteiger partial charge is 0.481 e. The molecule has 0 amide bonds. The van der Waals surface area contributed by atoms with Crippen LogP contribution in [0, 0.1) is 11.3 Å². The molecule has 0 aromatic carbocycles. The molecule has 1 aromatic heterocycles. The monoisotopic (exact) mass is 330 g/mol. The first-order valence-corrected chi connectivity index (χ1v) is 7.87. The number of rotatable bonds is 4. The van der Waals surface area contributed by atoms with Gasteiger partial charge in [0.25, 0.3) is 0 Å².